The first kappa shape index (κ1) is 21.3. The van der Waals surface area contributed by atoms with Gasteiger partial charge in [0.05, 0.1) is 5.69 Å². The first-order valence-corrected chi connectivity index (χ1v) is 10.3. The van der Waals surface area contributed by atoms with E-state index < -0.39 is 0 Å². The highest BCUT2D eigenvalue weighted by Gasteiger charge is 2.21. The molecule has 0 saturated heterocycles. The van der Waals surface area contributed by atoms with Crippen LogP contribution in [0.15, 0.2) is 59.1 Å². The molecule has 0 radical (unpaired) electrons. The monoisotopic (exact) mass is 404 g/mol. The number of rotatable bonds is 7. The molecule has 2 aromatic rings. The predicted molar refractivity (Wildman–Crippen MR) is 122 cm³/mol. The fraction of sp³-hybridized carbons (Fsp3) is 0.292. The molecule has 3 rings (SSSR count). The molecule has 30 heavy (non-hydrogen) atoms. The van der Waals surface area contributed by atoms with Gasteiger partial charge in [0.1, 0.15) is 5.84 Å². The Balaban J connectivity index is 1.87. The van der Waals surface area contributed by atoms with Gasteiger partial charge < -0.3 is 16.0 Å². The van der Waals surface area contributed by atoms with Crippen LogP contribution in [0, 0.1) is 0 Å². The Bertz CT molecular complexity index is 974. The number of fused-ring (bicyclic) bond motifs is 1. The molecule has 2 aromatic carbocycles. The van der Waals surface area contributed by atoms with Crippen LogP contribution in [0.4, 0.5) is 11.4 Å². The van der Waals surface area contributed by atoms with E-state index >= 15 is 0 Å². The Labute approximate surface area is 177 Å². The molecular weight excluding hydrogens is 376 g/mol. The summed E-state index contributed by atoms with van der Waals surface area (Å²) in [6.45, 7) is 5.55. The van der Waals surface area contributed by atoms with Gasteiger partial charge in [0.25, 0.3) is 5.91 Å². The number of hydrogen-bond donors (Lipinski definition) is 2. The molecule has 0 bridgehead atoms. The predicted octanol–water partition coefficient (Wildman–Crippen LogP) is 4.36. The van der Waals surface area contributed by atoms with Crippen LogP contribution in [-0.2, 0) is 4.79 Å². The first-order chi connectivity index (χ1) is 14.5. The third-order valence-electron chi connectivity index (χ3n) is 4.84. The topological polar surface area (TPSA) is 87.8 Å². The second kappa shape index (κ2) is 9.87. The fourth-order valence-corrected chi connectivity index (χ4v) is 3.45. The van der Waals surface area contributed by atoms with Crippen LogP contribution in [0.1, 0.15) is 49.0 Å². The summed E-state index contributed by atoms with van der Waals surface area (Å²) in [5, 5.41) is 2.87. The molecule has 0 saturated carbocycles. The minimum absolute atomic E-state index is 0.00408. The van der Waals surface area contributed by atoms with Crippen molar-refractivity contribution in [2.75, 3.05) is 18.4 Å². The normalized spacial score (nSPS) is 12.9. The number of amidine groups is 1. The van der Waals surface area contributed by atoms with E-state index in [2.05, 4.69) is 24.2 Å². The largest absolute Gasteiger partial charge is 0.387 e. The molecule has 0 atom stereocenters. The molecule has 0 aliphatic carbocycles. The van der Waals surface area contributed by atoms with Crippen LogP contribution in [-0.4, -0.2) is 35.6 Å². The van der Waals surface area contributed by atoms with E-state index in [-0.39, 0.29) is 11.8 Å². The number of carbonyl (C=O) groups excluding carboxylic acids is 2. The zero-order chi connectivity index (χ0) is 21.5. The summed E-state index contributed by atoms with van der Waals surface area (Å²) in [7, 11) is 0. The van der Waals surface area contributed by atoms with Gasteiger partial charge in [-0.25, -0.2) is 4.99 Å². The van der Waals surface area contributed by atoms with Crippen molar-refractivity contribution >= 4 is 35.1 Å². The summed E-state index contributed by atoms with van der Waals surface area (Å²) in [4.78, 5) is 32.0. The van der Waals surface area contributed by atoms with Crippen LogP contribution >= 0.6 is 0 Å². The molecule has 0 aromatic heterocycles. The maximum atomic E-state index is 13.0. The van der Waals surface area contributed by atoms with Gasteiger partial charge in [-0.3, -0.25) is 9.59 Å². The minimum Gasteiger partial charge on any atom is -0.387 e. The van der Waals surface area contributed by atoms with Crippen LogP contribution in [0.5, 0.6) is 0 Å². The average molecular weight is 405 g/mol. The molecule has 6 nitrogen and oxygen atoms in total. The highest BCUT2D eigenvalue weighted by molar-refractivity contribution is 6.07. The Kier molecular flexibility index (Phi) is 7.01. The van der Waals surface area contributed by atoms with E-state index in [1.807, 2.05) is 47.4 Å². The molecule has 1 aliphatic rings. The van der Waals surface area contributed by atoms with Crippen molar-refractivity contribution < 1.29 is 9.59 Å². The van der Waals surface area contributed by atoms with Gasteiger partial charge in [0, 0.05) is 41.9 Å². The molecule has 156 valence electrons. The summed E-state index contributed by atoms with van der Waals surface area (Å²) >= 11 is 0. The van der Waals surface area contributed by atoms with E-state index in [0.29, 0.717) is 42.2 Å². The number of nitrogens with zero attached hydrogens (tertiary/aromatic N) is 2. The molecule has 1 aliphatic heterocycles. The van der Waals surface area contributed by atoms with Gasteiger partial charge in [-0.1, -0.05) is 38.1 Å². The lowest BCUT2D eigenvalue weighted by Gasteiger charge is -2.22. The second-order valence-corrected chi connectivity index (χ2v) is 7.34. The van der Waals surface area contributed by atoms with Gasteiger partial charge in [-0.15, -0.1) is 0 Å². The molecule has 0 spiro atoms. The second-order valence-electron chi connectivity index (χ2n) is 7.34. The van der Waals surface area contributed by atoms with Gasteiger partial charge in [0.15, 0.2) is 0 Å². The van der Waals surface area contributed by atoms with Crippen LogP contribution in [0.25, 0.3) is 6.08 Å². The van der Waals surface area contributed by atoms with E-state index in [1.165, 1.54) is 0 Å². The van der Waals surface area contributed by atoms with E-state index in [9.17, 15) is 9.59 Å². The Morgan fingerprint density at radius 2 is 1.77 bits per heavy atom. The van der Waals surface area contributed by atoms with Crippen molar-refractivity contribution in [2.24, 2.45) is 10.7 Å². The highest BCUT2D eigenvalue weighted by atomic mass is 16.2. The molecule has 0 unspecified atom stereocenters. The van der Waals surface area contributed by atoms with Crippen molar-refractivity contribution in [1.29, 1.82) is 0 Å². The number of nitrogens with two attached hydrogens (primary N) is 1. The third-order valence-corrected chi connectivity index (χ3v) is 4.84. The van der Waals surface area contributed by atoms with Gasteiger partial charge in [-0.05, 0) is 43.2 Å². The standard InChI is InChI=1S/C24H28N4O2/c1-3-12-28(13-4-2)24(30)19-14-17-10-11-18(15-21(17)27-22(25)16-19)23(29)26-20-8-6-5-7-9-20/h5-11,14-15H,3-4,12-13,16H2,1-2H3,(H2,25,27)(H,26,29). The Morgan fingerprint density at radius 3 is 2.43 bits per heavy atom. The number of hydrogen-bond acceptors (Lipinski definition) is 4. The van der Waals surface area contributed by atoms with Crippen molar-refractivity contribution in [1.82, 2.24) is 4.90 Å². The third kappa shape index (κ3) is 5.14. The number of para-hydroxylation sites is 1. The SMILES string of the molecule is CCCN(CCC)C(=O)C1=Cc2ccc(C(=O)Nc3ccccc3)cc2N=C(N)C1. The summed E-state index contributed by atoms with van der Waals surface area (Å²) in [6, 6.07) is 14.5. The maximum absolute atomic E-state index is 13.0. The average Bonchev–Trinajstić information content (AvgIpc) is 2.91. The lowest BCUT2D eigenvalue weighted by Crippen LogP contribution is -2.34. The molecule has 1 heterocycles. The zero-order valence-corrected chi connectivity index (χ0v) is 17.5. The van der Waals surface area contributed by atoms with Gasteiger partial charge in [-0.2, -0.15) is 0 Å². The van der Waals surface area contributed by atoms with Gasteiger partial charge in [0.2, 0.25) is 5.91 Å². The smallest absolute Gasteiger partial charge is 0.255 e. The van der Waals surface area contributed by atoms with E-state index in [1.54, 1.807) is 12.1 Å². The number of amides is 2. The molecule has 3 N–H and O–H groups in total. The van der Waals surface area contributed by atoms with Crippen molar-refractivity contribution in [3.63, 3.8) is 0 Å². The number of nitrogens with one attached hydrogen (secondary N) is 1. The number of anilines is 1. The lowest BCUT2D eigenvalue weighted by atomic mass is 10.0. The summed E-state index contributed by atoms with van der Waals surface area (Å²) in [5.41, 5.74) is 9.31. The highest BCUT2D eigenvalue weighted by Crippen LogP contribution is 2.28. The first-order valence-electron chi connectivity index (χ1n) is 10.3. The molecule has 2 amide bonds. The molecular formula is C24H28N4O2. The fourth-order valence-electron chi connectivity index (χ4n) is 3.45. The summed E-state index contributed by atoms with van der Waals surface area (Å²) in [6.07, 6.45) is 3.94. The van der Waals surface area contributed by atoms with Crippen LogP contribution in [0.3, 0.4) is 0 Å². The Hall–Kier alpha value is -3.41. The summed E-state index contributed by atoms with van der Waals surface area (Å²) in [5.74, 6) is 0.136. The number of aliphatic imine (C=N–C) groups is 1. The van der Waals surface area contributed by atoms with Crippen molar-refractivity contribution in [2.45, 2.75) is 33.1 Å². The van der Waals surface area contributed by atoms with Crippen molar-refractivity contribution in [3.05, 3.63) is 65.2 Å². The number of carbonyl (C=O) groups is 2. The van der Waals surface area contributed by atoms with Crippen molar-refractivity contribution in [3.8, 4) is 0 Å². The summed E-state index contributed by atoms with van der Waals surface area (Å²) < 4.78 is 0. The lowest BCUT2D eigenvalue weighted by molar-refractivity contribution is -0.127. The van der Waals surface area contributed by atoms with E-state index in [0.717, 1.165) is 24.1 Å². The van der Waals surface area contributed by atoms with Crippen LogP contribution < -0.4 is 11.1 Å². The van der Waals surface area contributed by atoms with Crippen LogP contribution in [0.2, 0.25) is 0 Å². The number of benzene rings is 2. The molecule has 6 heteroatoms. The maximum Gasteiger partial charge on any atom is 0.255 e. The Morgan fingerprint density at radius 1 is 1.07 bits per heavy atom. The molecule has 0 fully saturated rings. The quantitative estimate of drug-likeness (QED) is 0.718. The van der Waals surface area contributed by atoms with E-state index in [4.69, 9.17) is 5.73 Å². The zero-order valence-electron chi connectivity index (χ0n) is 17.5. The van der Waals surface area contributed by atoms with Gasteiger partial charge >= 0.3 is 0 Å². The minimum atomic E-state index is -0.223.